The van der Waals surface area contributed by atoms with Crippen LogP contribution in [0.2, 0.25) is 0 Å². The summed E-state index contributed by atoms with van der Waals surface area (Å²) >= 11 is 0. The topological polar surface area (TPSA) is 78.2 Å². The van der Waals surface area contributed by atoms with Crippen molar-refractivity contribution < 1.29 is 22.3 Å². The summed E-state index contributed by atoms with van der Waals surface area (Å²) in [6.07, 6.45) is -1.77. The summed E-state index contributed by atoms with van der Waals surface area (Å²) in [6, 6.07) is 4.26. The highest BCUT2D eigenvalue weighted by Gasteiger charge is 2.49. The molecule has 0 spiro atoms. The van der Waals surface area contributed by atoms with Crippen molar-refractivity contribution in [1.82, 2.24) is 0 Å². The maximum absolute atomic E-state index is 13.6. The smallest absolute Gasteiger partial charge is 0.152 e. The van der Waals surface area contributed by atoms with Crippen molar-refractivity contribution in [3.63, 3.8) is 0 Å². The summed E-state index contributed by atoms with van der Waals surface area (Å²) in [5.74, 6) is -2.42. The normalized spacial score (nSPS) is 26.8. The van der Waals surface area contributed by atoms with Gasteiger partial charge in [0.25, 0.3) is 0 Å². The molecule has 4 nitrogen and oxygen atoms in total. The van der Waals surface area contributed by atoms with E-state index in [0.29, 0.717) is 0 Å². The highest BCUT2D eigenvalue weighted by Crippen LogP contribution is 2.43. The molecule has 0 bridgehead atoms. The number of hydrogen-bond donors (Lipinski definition) is 1. The van der Waals surface area contributed by atoms with Crippen molar-refractivity contribution in [1.29, 1.82) is 5.26 Å². The Morgan fingerprint density at radius 3 is 2.63 bits per heavy atom. The highest BCUT2D eigenvalue weighted by molar-refractivity contribution is 7.91. The van der Waals surface area contributed by atoms with E-state index in [1.54, 1.807) is 6.07 Å². The van der Waals surface area contributed by atoms with Crippen LogP contribution in [0.15, 0.2) is 18.2 Å². The number of hydrogen-bond acceptors (Lipinski definition) is 4. The van der Waals surface area contributed by atoms with Crippen LogP contribution in [-0.4, -0.2) is 25.0 Å². The zero-order valence-electron chi connectivity index (χ0n) is 9.81. The van der Waals surface area contributed by atoms with Gasteiger partial charge >= 0.3 is 0 Å². The van der Waals surface area contributed by atoms with E-state index < -0.39 is 44.3 Å². The predicted octanol–water partition coefficient (Wildman–Crippen LogP) is 1.33. The molecule has 1 aliphatic rings. The number of halogens is 2. The third kappa shape index (κ3) is 2.46. The lowest BCUT2D eigenvalue weighted by molar-refractivity contribution is 0.0756. The minimum Gasteiger partial charge on any atom is -0.387 e. The standard InChI is InChI=1S/C12H11F2NO3S/c13-8-1-2-10(14)9(5-8)11(16)12(6-15)3-4-19(17,18)7-12/h1-2,5,11,16H,3-4,7H2. The highest BCUT2D eigenvalue weighted by atomic mass is 32.2. The number of benzene rings is 1. The predicted molar refractivity (Wildman–Crippen MR) is 62.6 cm³/mol. The molecule has 0 saturated carbocycles. The SMILES string of the molecule is N#CC1(C(O)c2cc(F)ccc2F)CCS(=O)(=O)C1. The van der Waals surface area contributed by atoms with Crippen LogP contribution in [0.4, 0.5) is 8.78 Å². The van der Waals surface area contributed by atoms with Gasteiger partial charge in [-0.15, -0.1) is 0 Å². The first-order valence-corrected chi connectivity index (χ1v) is 7.36. The Bertz CT molecular complexity index is 653. The second kappa shape index (κ2) is 4.54. The van der Waals surface area contributed by atoms with Crippen LogP contribution in [0.3, 0.4) is 0 Å². The molecule has 2 rings (SSSR count). The number of aliphatic hydroxyl groups excluding tert-OH is 1. The van der Waals surface area contributed by atoms with Gasteiger partial charge in [0, 0.05) is 5.56 Å². The van der Waals surface area contributed by atoms with E-state index >= 15 is 0 Å². The molecule has 2 atom stereocenters. The maximum Gasteiger partial charge on any atom is 0.152 e. The van der Waals surface area contributed by atoms with Gasteiger partial charge in [0.15, 0.2) is 9.84 Å². The number of sulfone groups is 1. The molecule has 2 unspecified atom stereocenters. The first-order chi connectivity index (χ1) is 8.80. The minimum atomic E-state index is -3.44. The Labute approximate surface area is 109 Å². The van der Waals surface area contributed by atoms with Crippen LogP contribution < -0.4 is 0 Å². The van der Waals surface area contributed by atoms with Gasteiger partial charge in [0.05, 0.1) is 17.6 Å². The molecule has 1 N–H and O–H groups in total. The summed E-state index contributed by atoms with van der Waals surface area (Å²) in [5, 5.41) is 19.3. The van der Waals surface area contributed by atoms with E-state index in [-0.39, 0.29) is 12.2 Å². The van der Waals surface area contributed by atoms with Crippen molar-refractivity contribution in [2.24, 2.45) is 5.41 Å². The van der Waals surface area contributed by atoms with Crippen LogP contribution in [0.1, 0.15) is 18.1 Å². The molecule has 7 heteroatoms. The Hall–Kier alpha value is -1.52. The third-order valence-corrected chi connectivity index (χ3v) is 5.12. The van der Waals surface area contributed by atoms with Gasteiger partial charge in [0.2, 0.25) is 0 Å². The van der Waals surface area contributed by atoms with Crippen molar-refractivity contribution in [2.75, 3.05) is 11.5 Å². The summed E-state index contributed by atoms with van der Waals surface area (Å²) in [5.41, 5.74) is -2.01. The van der Waals surface area contributed by atoms with Crippen molar-refractivity contribution in [2.45, 2.75) is 12.5 Å². The van der Waals surface area contributed by atoms with Crippen molar-refractivity contribution in [3.8, 4) is 6.07 Å². The van der Waals surface area contributed by atoms with Crippen LogP contribution in [0, 0.1) is 28.4 Å². The number of nitriles is 1. The molecular weight excluding hydrogens is 276 g/mol. The summed E-state index contributed by atoms with van der Waals surface area (Å²) in [6.45, 7) is 0. The number of aliphatic hydroxyl groups is 1. The van der Waals surface area contributed by atoms with Gasteiger partial charge in [-0.25, -0.2) is 17.2 Å². The Morgan fingerprint density at radius 2 is 2.11 bits per heavy atom. The molecule has 102 valence electrons. The zero-order valence-corrected chi connectivity index (χ0v) is 10.6. The fourth-order valence-electron chi connectivity index (χ4n) is 2.26. The summed E-state index contributed by atoms with van der Waals surface area (Å²) in [4.78, 5) is 0. The van der Waals surface area contributed by atoms with E-state index in [9.17, 15) is 22.3 Å². The first kappa shape index (κ1) is 13.9. The molecule has 1 aromatic carbocycles. The fraction of sp³-hybridized carbons (Fsp3) is 0.417. The van der Waals surface area contributed by atoms with Gasteiger partial charge in [-0.05, 0) is 24.6 Å². The molecule has 1 aliphatic heterocycles. The lowest BCUT2D eigenvalue weighted by Crippen LogP contribution is -2.29. The van der Waals surface area contributed by atoms with Crippen LogP contribution >= 0.6 is 0 Å². The lowest BCUT2D eigenvalue weighted by Gasteiger charge is -2.26. The van der Waals surface area contributed by atoms with Crippen molar-refractivity contribution in [3.05, 3.63) is 35.4 Å². The van der Waals surface area contributed by atoms with Crippen LogP contribution in [0.5, 0.6) is 0 Å². The molecule has 0 amide bonds. The Kier molecular flexibility index (Phi) is 3.32. The third-order valence-electron chi connectivity index (χ3n) is 3.34. The molecule has 19 heavy (non-hydrogen) atoms. The second-order valence-electron chi connectivity index (χ2n) is 4.68. The first-order valence-electron chi connectivity index (χ1n) is 5.54. The van der Waals surface area contributed by atoms with Crippen LogP contribution in [0.25, 0.3) is 0 Å². The van der Waals surface area contributed by atoms with E-state index in [4.69, 9.17) is 5.26 Å². The summed E-state index contributed by atoms with van der Waals surface area (Å²) in [7, 11) is -3.44. The average Bonchev–Trinajstić information content (AvgIpc) is 2.68. The Balaban J connectivity index is 2.46. The monoisotopic (exact) mass is 287 g/mol. The largest absolute Gasteiger partial charge is 0.387 e. The van der Waals surface area contributed by atoms with Crippen molar-refractivity contribution >= 4 is 9.84 Å². The number of rotatable bonds is 2. The quantitative estimate of drug-likeness (QED) is 0.890. The van der Waals surface area contributed by atoms with Gasteiger partial charge in [-0.3, -0.25) is 0 Å². The van der Waals surface area contributed by atoms with E-state index in [0.717, 1.165) is 18.2 Å². The van der Waals surface area contributed by atoms with Gasteiger partial charge in [-0.2, -0.15) is 5.26 Å². The molecule has 1 fully saturated rings. The molecule has 1 heterocycles. The van der Waals surface area contributed by atoms with E-state index in [2.05, 4.69) is 0 Å². The molecule has 0 aliphatic carbocycles. The van der Waals surface area contributed by atoms with Gasteiger partial charge in [0.1, 0.15) is 23.2 Å². The lowest BCUT2D eigenvalue weighted by atomic mass is 9.79. The van der Waals surface area contributed by atoms with Gasteiger partial charge < -0.3 is 5.11 Å². The Morgan fingerprint density at radius 1 is 1.42 bits per heavy atom. The van der Waals surface area contributed by atoms with Gasteiger partial charge in [-0.1, -0.05) is 0 Å². The zero-order chi connectivity index (χ0) is 14.3. The maximum atomic E-state index is 13.6. The van der Waals surface area contributed by atoms with E-state index in [1.165, 1.54) is 0 Å². The molecule has 1 saturated heterocycles. The summed E-state index contributed by atoms with van der Waals surface area (Å²) < 4.78 is 49.6. The molecule has 0 radical (unpaired) electrons. The fourth-order valence-corrected chi connectivity index (χ4v) is 4.23. The molecule has 1 aromatic rings. The second-order valence-corrected chi connectivity index (χ2v) is 6.86. The molecular formula is C12H11F2NO3S. The van der Waals surface area contributed by atoms with Crippen LogP contribution in [-0.2, 0) is 9.84 Å². The average molecular weight is 287 g/mol. The van der Waals surface area contributed by atoms with E-state index in [1.807, 2.05) is 0 Å². The molecule has 0 aromatic heterocycles. The number of nitrogens with zero attached hydrogens (tertiary/aromatic N) is 1. The minimum absolute atomic E-state index is 0.0943.